The number of hydrogen-bond acceptors (Lipinski definition) is 6. The van der Waals surface area contributed by atoms with E-state index in [1.54, 1.807) is 0 Å². The topological polar surface area (TPSA) is 89.6 Å². The van der Waals surface area contributed by atoms with Gasteiger partial charge in [0, 0.05) is 23.5 Å². The molecule has 1 aromatic heterocycles. The minimum atomic E-state index is -0.324. The molecular formula is C33H47NO5. The fourth-order valence-electron chi connectivity index (χ4n) is 11.4. The lowest BCUT2D eigenvalue weighted by Crippen LogP contribution is -2.64. The predicted octanol–water partition coefficient (Wildman–Crippen LogP) is 6.06. The molecule has 0 amide bonds. The summed E-state index contributed by atoms with van der Waals surface area (Å²) in [7, 11) is 1.50. The summed E-state index contributed by atoms with van der Waals surface area (Å²) in [4.78, 5) is 27.4. The maximum Gasteiger partial charge on any atom is 0.308 e. The number of rotatable bonds is 3. The zero-order valence-electron chi connectivity index (χ0n) is 24.9. The lowest BCUT2D eigenvalue weighted by atomic mass is 9.35. The van der Waals surface area contributed by atoms with Gasteiger partial charge in [-0.15, -0.1) is 0 Å². The Balaban J connectivity index is 1.47. The van der Waals surface area contributed by atoms with E-state index in [-0.39, 0.29) is 75.0 Å². The molecule has 0 bridgehead atoms. The van der Waals surface area contributed by atoms with Crippen molar-refractivity contribution < 1.29 is 24.0 Å². The van der Waals surface area contributed by atoms with Gasteiger partial charge < -0.3 is 14.4 Å². The number of carbonyl (C=O) groups is 2. The van der Waals surface area contributed by atoms with Crippen molar-refractivity contribution in [2.24, 2.45) is 51.2 Å². The van der Waals surface area contributed by atoms with E-state index < -0.39 is 0 Å². The molecule has 39 heavy (non-hydrogen) atoms. The van der Waals surface area contributed by atoms with Crippen LogP contribution in [0.5, 0.6) is 0 Å². The van der Waals surface area contributed by atoms with Crippen LogP contribution in [0.4, 0.5) is 0 Å². The summed E-state index contributed by atoms with van der Waals surface area (Å²) in [5, 5.41) is 14.3. The first-order chi connectivity index (χ1) is 18.3. The maximum absolute atomic E-state index is 14.5. The SMILES string of the molecule is COC(=O)[C@@H]1CC(C)(C)C[C@@H]2C1CC[C@]1(C)[C@@H]2C(=O)C=C2[C@@]3(C)Cc4cnoc4[C@@](C)(CCO)[C@@H]3CC[C@]21C. The van der Waals surface area contributed by atoms with Crippen LogP contribution in [0.25, 0.3) is 0 Å². The van der Waals surface area contributed by atoms with Crippen LogP contribution in [0.1, 0.15) is 97.8 Å². The van der Waals surface area contributed by atoms with Crippen molar-refractivity contribution in [3.63, 3.8) is 0 Å². The standard InChI is InChI=1S/C33H47NO5/c1-29(2)16-21-20(22(17-29)28(37)38-7)8-10-33(6)26(21)23(36)14-25-31(4)15-19-18-34-39-27(19)30(3,12-13-35)24(31)9-11-32(25,33)5/h14,18,20-22,24,26,35H,8-13,15-17H2,1-7H3/t20?,21-,22-,24+,26+,30+,31+,32-,33-/m1/s1. The molecule has 1 N–H and O–H groups in total. The molecule has 5 aliphatic rings. The molecule has 214 valence electrons. The third-order valence-electron chi connectivity index (χ3n) is 13.1. The van der Waals surface area contributed by atoms with Gasteiger partial charge in [0.25, 0.3) is 0 Å². The van der Waals surface area contributed by atoms with Crippen LogP contribution in [0, 0.1) is 51.2 Å². The van der Waals surface area contributed by atoms with E-state index >= 15 is 0 Å². The van der Waals surface area contributed by atoms with Crippen LogP contribution in [-0.2, 0) is 26.2 Å². The first-order valence-electron chi connectivity index (χ1n) is 15.1. The molecule has 3 saturated carbocycles. The van der Waals surface area contributed by atoms with Crippen LogP contribution in [-0.4, -0.2) is 35.7 Å². The number of aromatic nitrogens is 1. The van der Waals surface area contributed by atoms with E-state index in [1.807, 2.05) is 6.20 Å². The molecule has 1 unspecified atom stereocenters. The molecular weight excluding hydrogens is 490 g/mol. The molecule has 0 saturated heterocycles. The summed E-state index contributed by atoms with van der Waals surface area (Å²) in [6.07, 6.45) is 11.2. The number of esters is 1. The van der Waals surface area contributed by atoms with Gasteiger partial charge in [0.1, 0.15) is 5.76 Å². The Morgan fingerprint density at radius 2 is 1.85 bits per heavy atom. The number of hydrogen-bond donors (Lipinski definition) is 1. The van der Waals surface area contributed by atoms with Crippen LogP contribution in [0.2, 0.25) is 0 Å². The molecule has 3 fully saturated rings. The molecule has 6 nitrogen and oxygen atoms in total. The first-order valence-corrected chi connectivity index (χ1v) is 15.1. The normalized spacial score (nSPS) is 46.1. The number of ether oxygens (including phenoxy) is 1. The van der Waals surface area contributed by atoms with Crippen LogP contribution in [0.15, 0.2) is 22.4 Å². The number of nitrogens with zero attached hydrogens (tertiary/aromatic N) is 1. The number of fused-ring (bicyclic) bond motifs is 8. The molecule has 0 aromatic carbocycles. The number of methoxy groups -OCH3 is 1. The molecule has 1 aromatic rings. The Morgan fingerprint density at radius 3 is 2.54 bits per heavy atom. The number of allylic oxidation sites excluding steroid dienone is 2. The quantitative estimate of drug-likeness (QED) is 0.472. The van der Waals surface area contributed by atoms with E-state index in [2.05, 4.69) is 52.8 Å². The van der Waals surface area contributed by atoms with Gasteiger partial charge in [-0.05, 0) is 96.9 Å². The summed E-state index contributed by atoms with van der Waals surface area (Å²) < 4.78 is 11.1. The average molecular weight is 538 g/mol. The minimum Gasteiger partial charge on any atom is -0.469 e. The van der Waals surface area contributed by atoms with Crippen molar-refractivity contribution in [2.45, 2.75) is 98.3 Å². The summed E-state index contributed by atoms with van der Waals surface area (Å²) in [6, 6.07) is 0. The average Bonchev–Trinajstić information content (AvgIpc) is 3.33. The fraction of sp³-hybridized carbons (Fsp3) is 0.788. The van der Waals surface area contributed by atoms with Crippen molar-refractivity contribution in [2.75, 3.05) is 13.7 Å². The second kappa shape index (κ2) is 8.53. The van der Waals surface area contributed by atoms with Crippen LogP contribution in [0.3, 0.4) is 0 Å². The molecule has 0 spiro atoms. The summed E-state index contributed by atoms with van der Waals surface area (Å²) >= 11 is 0. The Kier molecular flexibility index (Phi) is 5.96. The summed E-state index contributed by atoms with van der Waals surface area (Å²) in [5.41, 5.74) is 1.61. The van der Waals surface area contributed by atoms with Crippen molar-refractivity contribution in [1.29, 1.82) is 0 Å². The Labute approximate surface area is 233 Å². The molecule has 9 atom stereocenters. The van der Waals surface area contributed by atoms with Crippen molar-refractivity contribution in [1.82, 2.24) is 5.16 Å². The van der Waals surface area contributed by atoms with Gasteiger partial charge in [0.05, 0.1) is 19.2 Å². The van der Waals surface area contributed by atoms with E-state index in [1.165, 1.54) is 12.7 Å². The van der Waals surface area contributed by atoms with Crippen molar-refractivity contribution in [3.05, 3.63) is 29.2 Å². The number of ketones is 1. The second-order valence-electron chi connectivity index (χ2n) is 15.5. The van der Waals surface area contributed by atoms with Gasteiger partial charge in [-0.25, -0.2) is 0 Å². The summed E-state index contributed by atoms with van der Waals surface area (Å²) in [6.45, 7) is 14.1. The van der Waals surface area contributed by atoms with Crippen LogP contribution >= 0.6 is 0 Å². The zero-order valence-corrected chi connectivity index (χ0v) is 24.9. The summed E-state index contributed by atoms with van der Waals surface area (Å²) in [5.74, 6) is 1.55. The minimum absolute atomic E-state index is 0.00670. The van der Waals surface area contributed by atoms with E-state index in [9.17, 15) is 14.7 Å². The lowest BCUT2D eigenvalue weighted by Gasteiger charge is -2.68. The zero-order chi connectivity index (χ0) is 28.2. The second-order valence-corrected chi connectivity index (χ2v) is 15.5. The van der Waals surface area contributed by atoms with Gasteiger partial charge in [-0.1, -0.05) is 52.3 Å². The maximum atomic E-state index is 14.5. The Hall–Kier alpha value is -1.95. The van der Waals surface area contributed by atoms with Gasteiger partial charge in [0.2, 0.25) is 0 Å². The first kappa shape index (κ1) is 27.2. The molecule has 1 heterocycles. The highest BCUT2D eigenvalue weighted by Crippen LogP contribution is 2.73. The Morgan fingerprint density at radius 1 is 1.10 bits per heavy atom. The lowest BCUT2D eigenvalue weighted by molar-refractivity contribution is -0.172. The van der Waals surface area contributed by atoms with Gasteiger partial charge in [-0.3, -0.25) is 9.59 Å². The highest BCUT2D eigenvalue weighted by Gasteiger charge is 2.69. The van der Waals surface area contributed by atoms with E-state index in [0.29, 0.717) is 6.42 Å². The number of aliphatic hydroxyl groups is 1. The molecule has 0 aliphatic heterocycles. The molecule has 5 aliphatic carbocycles. The molecule has 6 heteroatoms. The predicted molar refractivity (Wildman–Crippen MR) is 148 cm³/mol. The monoisotopic (exact) mass is 537 g/mol. The largest absolute Gasteiger partial charge is 0.469 e. The molecule has 0 radical (unpaired) electrons. The Bertz CT molecular complexity index is 1230. The molecule has 6 rings (SSSR count). The van der Waals surface area contributed by atoms with Gasteiger partial charge in [-0.2, -0.15) is 0 Å². The number of carbonyl (C=O) groups excluding carboxylic acids is 2. The van der Waals surface area contributed by atoms with Gasteiger partial charge >= 0.3 is 5.97 Å². The van der Waals surface area contributed by atoms with Crippen LogP contribution < -0.4 is 0 Å². The van der Waals surface area contributed by atoms with E-state index in [4.69, 9.17) is 9.26 Å². The van der Waals surface area contributed by atoms with Crippen molar-refractivity contribution in [3.8, 4) is 0 Å². The fourth-order valence-corrected chi connectivity index (χ4v) is 11.4. The highest BCUT2D eigenvalue weighted by atomic mass is 16.5. The smallest absolute Gasteiger partial charge is 0.308 e. The third kappa shape index (κ3) is 3.45. The van der Waals surface area contributed by atoms with Crippen molar-refractivity contribution >= 4 is 11.8 Å². The van der Waals surface area contributed by atoms with E-state index in [0.717, 1.165) is 56.3 Å². The van der Waals surface area contributed by atoms with Gasteiger partial charge in [0.15, 0.2) is 5.78 Å². The highest BCUT2D eigenvalue weighted by molar-refractivity contribution is 5.95. The third-order valence-corrected chi connectivity index (χ3v) is 13.1. The number of aliphatic hydroxyl groups excluding tert-OH is 1.